The molecule has 0 radical (unpaired) electrons. The van der Waals surface area contributed by atoms with Crippen LogP contribution in [0.4, 0.5) is 5.82 Å². The highest BCUT2D eigenvalue weighted by Gasteiger charge is 2.15. The fourth-order valence-electron chi connectivity index (χ4n) is 0.725. The molecule has 0 atom stereocenters. The molecule has 60 valence electrons. The van der Waals surface area contributed by atoms with E-state index in [-0.39, 0.29) is 0 Å². The van der Waals surface area contributed by atoms with Gasteiger partial charge in [0.15, 0.2) is 0 Å². The van der Waals surface area contributed by atoms with Crippen molar-refractivity contribution in [3.05, 3.63) is 18.1 Å². The molecule has 0 fully saturated rings. The van der Waals surface area contributed by atoms with Crippen molar-refractivity contribution in [2.45, 2.75) is 19.4 Å². The van der Waals surface area contributed by atoms with Crippen LogP contribution in [-0.2, 0) is 5.54 Å². The number of nitrogens with two attached hydrogens (primary N) is 2. The van der Waals surface area contributed by atoms with Crippen LogP contribution in [0.25, 0.3) is 0 Å². The van der Waals surface area contributed by atoms with Gasteiger partial charge in [0.2, 0.25) is 0 Å². The molecular formula is C7H12N4. The summed E-state index contributed by atoms with van der Waals surface area (Å²) in [7, 11) is 0. The average molecular weight is 152 g/mol. The van der Waals surface area contributed by atoms with Crippen molar-refractivity contribution < 1.29 is 0 Å². The van der Waals surface area contributed by atoms with E-state index in [9.17, 15) is 0 Å². The molecule has 4 N–H and O–H groups in total. The molecule has 0 aliphatic heterocycles. The normalized spacial score (nSPS) is 11.5. The Morgan fingerprint density at radius 2 is 2.00 bits per heavy atom. The molecule has 1 heterocycles. The van der Waals surface area contributed by atoms with Crippen LogP contribution in [0.1, 0.15) is 19.5 Å². The molecule has 0 aliphatic rings. The number of hydrogen-bond acceptors (Lipinski definition) is 4. The molecule has 0 amide bonds. The van der Waals surface area contributed by atoms with Crippen molar-refractivity contribution in [2.75, 3.05) is 5.73 Å². The first-order chi connectivity index (χ1) is 5.00. The van der Waals surface area contributed by atoms with Gasteiger partial charge >= 0.3 is 0 Å². The maximum Gasteiger partial charge on any atom is 0.127 e. The second kappa shape index (κ2) is 2.47. The van der Waals surface area contributed by atoms with E-state index in [1.54, 1.807) is 6.07 Å². The second-order valence-corrected chi connectivity index (χ2v) is 3.05. The third kappa shape index (κ3) is 1.88. The van der Waals surface area contributed by atoms with E-state index < -0.39 is 5.54 Å². The van der Waals surface area contributed by atoms with Gasteiger partial charge in [0.1, 0.15) is 12.1 Å². The van der Waals surface area contributed by atoms with E-state index in [2.05, 4.69) is 9.97 Å². The summed E-state index contributed by atoms with van der Waals surface area (Å²) in [5.41, 5.74) is 11.5. The smallest absolute Gasteiger partial charge is 0.127 e. The summed E-state index contributed by atoms with van der Waals surface area (Å²) >= 11 is 0. The van der Waals surface area contributed by atoms with Gasteiger partial charge in [-0.1, -0.05) is 0 Å². The van der Waals surface area contributed by atoms with Crippen LogP contribution in [0.5, 0.6) is 0 Å². The fraction of sp³-hybridized carbons (Fsp3) is 0.429. The number of rotatable bonds is 1. The van der Waals surface area contributed by atoms with E-state index in [4.69, 9.17) is 11.5 Å². The number of nitrogens with zero attached hydrogens (tertiary/aromatic N) is 2. The lowest BCUT2D eigenvalue weighted by molar-refractivity contribution is 0.534. The summed E-state index contributed by atoms with van der Waals surface area (Å²) in [6.45, 7) is 3.74. The summed E-state index contributed by atoms with van der Waals surface area (Å²) in [5, 5.41) is 0. The van der Waals surface area contributed by atoms with Gasteiger partial charge in [-0.2, -0.15) is 0 Å². The van der Waals surface area contributed by atoms with Gasteiger partial charge < -0.3 is 11.5 Å². The van der Waals surface area contributed by atoms with Gasteiger partial charge in [-0.3, -0.25) is 0 Å². The minimum Gasteiger partial charge on any atom is -0.384 e. The Kier molecular flexibility index (Phi) is 1.78. The quantitative estimate of drug-likeness (QED) is 0.604. The number of aromatic nitrogens is 2. The van der Waals surface area contributed by atoms with Crippen molar-refractivity contribution >= 4 is 5.82 Å². The SMILES string of the molecule is CC(C)(N)c1cc(N)ncn1. The third-order valence-electron chi connectivity index (χ3n) is 1.35. The average Bonchev–Trinajstić information content (AvgIpc) is 1.86. The molecule has 4 heteroatoms. The van der Waals surface area contributed by atoms with E-state index in [0.717, 1.165) is 5.69 Å². The molecular weight excluding hydrogens is 140 g/mol. The molecule has 0 saturated carbocycles. The largest absolute Gasteiger partial charge is 0.384 e. The first-order valence-electron chi connectivity index (χ1n) is 3.37. The Morgan fingerprint density at radius 1 is 1.36 bits per heavy atom. The van der Waals surface area contributed by atoms with E-state index in [1.165, 1.54) is 6.33 Å². The third-order valence-corrected chi connectivity index (χ3v) is 1.35. The van der Waals surface area contributed by atoms with Crippen LogP contribution >= 0.6 is 0 Å². The van der Waals surface area contributed by atoms with Crippen LogP contribution in [0.3, 0.4) is 0 Å². The van der Waals surface area contributed by atoms with Gasteiger partial charge in [0.05, 0.1) is 11.2 Å². The predicted octanol–water partition coefficient (Wildman–Crippen LogP) is 0.253. The maximum absolute atomic E-state index is 5.78. The zero-order valence-corrected chi connectivity index (χ0v) is 6.70. The van der Waals surface area contributed by atoms with E-state index in [0.29, 0.717) is 5.82 Å². The summed E-state index contributed by atoms with van der Waals surface area (Å²) in [6.07, 6.45) is 1.42. The van der Waals surface area contributed by atoms with Gasteiger partial charge in [0.25, 0.3) is 0 Å². The topological polar surface area (TPSA) is 77.8 Å². The van der Waals surface area contributed by atoms with Crippen LogP contribution in [0.15, 0.2) is 12.4 Å². The Hall–Kier alpha value is -1.16. The Bertz CT molecular complexity index is 251. The fourth-order valence-corrected chi connectivity index (χ4v) is 0.725. The molecule has 0 aliphatic carbocycles. The number of nitrogen functional groups attached to an aromatic ring is 1. The molecule has 1 rings (SSSR count). The van der Waals surface area contributed by atoms with Crippen LogP contribution in [0, 0.1) is 0 Å². The van der Waals surface area contributed by atoms with Crippen LogP contribution < -0.4 is 11.5 Å². The standard InChI is InChI=1S/C7H12N4/c1-7(2,9)5-3-6(8)11-4-10-5/h3-4H,9H2,1-2H3,(H2,8,10,11). The minimum atomic E-state index is -0.447. The van der Waals surface area contributed by atoms with Crippen molar-refractivity contribution in [1.29, 1.82) is 0 Å². The van der Waals surface area contributed by atoms with Gasteiger partial charge in [0, 0.05) is 6.07 Å². The van der Waals surface area contributed by atoms with E-state index in [1.807, 2.05) is 13.8 Å². The molecule has 0 spiro atoms. The molecule has 0 saturated heterocycles. The summed E-state index contributed by atoms with van der Waals surface area (Å²) in [5.74, 6) is 0.452. The van der Waals surface area contributed by atoms with Crippen molar-refractivity contribution in [1.82, 2.24) is 9.97 Å². The molecule has 0 bridgehead atoms. The maximum atomic E-state index is 5.78. The zero-order chi connectivity index (χ0) is 8.48. The first-order valence-corrected chi connectivity index (χ1v) is 3.37. The highest BCUT2D eigenvalue weighted by Crippen LogP contribution is 2.13. The molecule has 4 nitrogen and oxygen atoms in total. The van der Waals surface area contributed by atoms with Crippen molar-refractivity contribution in [3.8, 4) is 0 Å². The molecule has 1 aromatic rings. The van der Waals surface area contributed by atoms with Crippen LogP contribution in [0.2, 0.25) is 0 Å². The summed E-state index contributed by atoms with van der Waals surface area (Å²) in [4.78, 5) is 7.76. The van der Waals surface area contributed by atoms with Gasteiger partial charge in [-0.05, 0) is 13.8 Å². The van der Waals surface area contributed by atoms with Crippen molar-refractivity contribution in [2.24, 2.45) is 5.73 Å². The lowest BCUT2D eigenvalue weighted by Gasteiger charge is -2.16. The number of hydrogen-bond donors (Lipinski definition) is 2. The summed E-state index contributed by atoms with van der Waals surface area (Å²) in [6, 6.07) is 1.68. The lowest BCUT2D eigenvalue weighted by Crippen LogP contribution is -2.30. The molecule has 1 aromatic heterocycles. The molecule has 0 aromatic carbocycles. The highest BCUT2D eigenvalue weighted by atomic mass is 14.9. The second-order valence-electron chi connectivity index (χ2n) is 3.05. The summed E-state index contributed by atoms with van der Waals surface area (Å²) < 4.78 is 0. The number of anilines is 1. The Morgan fingerprint density at radius 3 is 2.36 bits per heavy atom. The van der Waals surface area contributed by atoms with E-state index >= 15 is 0 Å². The molecule has 11 heavy (non-hydrogen) atoms. The predicted molar refractivity (Wildman–Crippen MR) is 43.7 cm³/mol. The van der Waals surface area contributed by atoms with Crippen molar-refractivity contribution in [3.63, 3.8) is 0 Å². The van der Waals surface area contributed by atoms with Gasteiger partial charge in [-0.15, -0.1) is 0 Å². The minimum absolute atomic E-state index is 0.447. The monoisotopic (exact) mass is 152 g/mol. The lowest BCUT2D eigenvalue weighted by atomic mass is 10.0. The first kappa shape index (κ1) is 7.94. The van der Waals surface area contributed by atoms with Gasteiger partial charge in [-0.25, -0.2) is 9.97 Å². The van der Waals surface area contributed by atoms with Crippen LogP contribution in [-0.4, -0.2) is 9.97 Å². The molecule has 0 unspecified atom stereocenters. The Balaban J connectivity index is 3.06. The zero-order valence-electron chi connectivity index (χ0n) is 6.70. The highest BCUT2D eigenvalue weighted by molar-refractivity contribution is 5.30. The Labute approximate surface area is 65.6 Å².